The van der Waals surface area contributed by atoms with Crippen molar-refractivity contribution in [1.29, 1.82) is 0 Å². The minimum atomic E-state index is 0.780. The average molecular weight is 686 g/mol. The van der Waals surface area contributed by atoms with E-state index in [4.69, 9.17) is 13.8 Å². The van der Waals surface area contributed by atoms with Gasteiger partial charge in [-0.1, -0.05) is 129 Å². The molecule has 0 radical (unpaired) electrons. The van der Waals surface area contributed by atoms with E-state index >= 15 is 0 Å². The second kappa shape index (κ2) is 13.6. The fourth-order valence-corrected chi connectivity index (χ4v) is 7.64. The van der Waals surface area contributed by atoms with Crippen LogP contribution in [0.25, 0.3) is 71.7 Å². The van der Waals surface area contributed by atoms with Gasteiger partial charge in [-0.3, -0.25) is 4.99 Å². The van der Waals surface area contributed by atoms with Gasteiger partial charge in [0.1, 0.15) is 22.3 Å². The second-order valence-corrected chi connectivity index (χ2v) is 13.8. The van der Waals surface area contributed by atoms with Crippen LogP contribution in [0.15, 0.2) is 189 Å². The lowest BCUT2D eigenvalue weighted by Gasteiger charge is -2.17. The summed E-state index contributed by atoms with van der Waals surface area (Å²) in [5.41, 5.74) is 15.5. The van der Waals surface area contributed by atoms with Crippen molar-refractivity contribution in [3.05, 3.63) is 186 Å². The molecule has 1 aliphatic rings. The van der Waals surface area contributed by atoms with Gasteiger partial charge in [0, 0.05) is 32.8 Å². The Labute approximate surface area is 309 Å². The minimum absolute atomic E-state index is 0.780. The van der Waals surface area contributed by atoms with Crippen LogP contribution in [0.2, 0.25) is 0 Å². The lowest BCUT2D eigenvalue weighted by molar-refractivity contribution is 0.668. The van der Waals surface area contributed by atoms with Crippen molar-refractivity contribution in [3.63, 3.8) is 0 Å². The molecule has 0 atom stereocenters. The molecule has 0 saturated carbocycles. The zero-order chi connectivity index (χ0) is 35.9. The number of allylic oxidation sites excluding steroid dienone is 6. The Morgan fingerprint density at radius 3 is 2.15 bits per heavy atom. The van der Waals surface area contributed by atoms with Gasteiger partial charge in [-0.05, 0) is 107 Å². The first-order chi connectivity index (χ1) is 26.1. The molecule has 0 amide bonds. The lowest BCUT2D eigenvalue weighted by atomic mass is 9.93. The van der Waals surface area contributed by atoms with Crippen molar-refractivity contribution in [1.82, 2.24) is 0 Å². The molecule has 2 aromatic heterocycles. The van der Waals surface area contributed by atoms with Gasteiger partial charge in [-0.15, -0.1) is 0 Å². The van der Waals surface area contributed by atoms with Crippen LogP contribution >= 0.6 is 0 Å². The zero-order valence-corrected chi connectivity index (χ0v) is 30.0. The average Bonchev–Trinajstić information content (AvgIpc) is 3.79. The van der Waals surface area contributed by atoms with Crippen LogP contribution < -0.4 is 0 Å². The molecule has 0 fully saturated rings. The second-order valence-electron chi connectivity index (χ2n) is 13.8. The highest BCUT2D eigenvalue weighted by Crippen LogP contribution is 2.40. The largest absolute Gasteiger partial charge is 0.456 e. The van der Waals surface area contributed by atoms with Crippen LogP contribution in [0.3, 0.4) is 0 Å². The number of fused-ring (bicyclic) bond motifs is 6. The fourth-order valence-electron chi connectivity index (χ4n) is 7.64. The monoisotopic (exact) mass is 685 g/mol. The van der Waals surface area contributed by atoms with Gasteiger partial charge in [0.2, 0.25) is 0 Å². The predicted molar refractivity (Wildman–Crippen MR) is 223 cm³/mol. The molecule has 53 heavy (non-hydrogen) atoms. The Morgan fingerprint density at radius 2 is 1.38 bits per heavy atom. The molecule has 9 rings (SSSR count). The van der Waals surface area contributed by atoms with Crippen LogP contribution in [0.4, 0.5) is 0 Å². The highest BCUT2D eigenvalue weighted by Gasteiger charge is 2.18. The third-order valence-electron chi connectivity index (χ3n) is 10.5. The number of aliphatic imine (C=N–C) groups is 1. The van der Waals surface area contributed by atoms with E-state index in [-0.39, 0.29) is 0 Å². The smallest absolute Gasteiger partial charge is 0.143 e. The van der Waals surface area contributed by atoms with Gasteiger partial charge in [-0.25, -0.2) is 0 Å². The molecule has 1 aliphatic carbocycles. The summed E-state index contributed by atoms with van der Waals surface area (Å²) in [6.45, 7) is 8.81. The summed E-state index contributed by atoms with van der Waals surface area (Å²) in [6, 6.07) is 46.7. The van der Waals surface area contributed by atoms with Gasteiger partial charge in [0.25, 0.3) is 0 Å². The van der Waals surface area contributed by atoms with E-state index in [9.17, 15) is 0 Å². The maximum atomic E-state index is 6.54. The summed E-state index contributed by atoms with van der Waals surface area (Å²) >= 11 is 0. The van der Waals surface area contributed by atoms with Crippen molar-refractivity contribution < 1.29 is 8.83 Å². The molecule has 0 bridgehead atoms. The van der Waals surface area contributed by atoms with Crippen LogP contribution in [-0.2, 0) is 0 Å². The van der Waals surface area contributed by atoms with Gasteiger partial charge in [-0.2, -0.15) is 0 Å². The number of hydrogen-bond donors (Lipinski definition) is 0. The van der Waals surface area contributed by atoms with Crippen LogP contribution in [0, 0.1) is 0 Å². The van der Waals surface area contributed by atoms with E-state index in [1.165, 1.54) is 16.7 Å². The lowest BCUT2D eigenvalue weighted by Crippen LogP contribution is -2.04. The Hall–Kier alpha value is -6.45. The van der Waals surface area contributed by atoms with E-state index in [1.807, 2.05) is 12.1 Å². The number of para-hydroxylation sites is 1. The highest BCUT2D eigenvalue weighted by molar-refractivity contribution is 6.13. The summed E-state index contributed by atoms with van der Waals surface area (Å²) in [5, 5.41) is 4.38. The third kappa shape index (κ3) is 5.94. The summed E-state index contributed by atoms with van der Waals surface area (Å²) < 4.78 is 13.1. The molecule has 0 unspecified atom stereocenters. The predicted octanol–water partition coefficient (Wildman–Crippen LogP) is 14.3. The third-order valence-corrected chi connectivity index (χ3v) is 10.5. The van der Waals surface area contributed by atoms with Gasteiger partial charge >= 0.3 is 0 Å². The van der Waals surface area contributed by atoms with E-state index in [0.29, 0.717) is 0 Å². The number of rotatable bonds is 8. The quantitative estimate of drug-likeness (QED) is 0.118. The number of furan rings is 2. The number of benzene rings is 6. The SMILES string of the molecule is C=C(/C(C)=C(\N=C(CC)c1ccc2c(c1)oc1ccc(-c3cccc4c3oc3ccc(-c5ccccc5)cc34)cc12)C1=CC=CCC1)c1ccccc1. The van der Waals surface area contributed by atoms with Crippen LogP contribution in [-0.4, -0.2) is 5.71 Å². The van der Waals surface area contributed by atoms with Crippen molar-refractivity contribution >= 4 is 55.2 Å². The van der Waals surface area contributed by atoms with Crippen molar-refractivity contribution in [2.75, 3.05) is 0 Å². The summed E-state index contributed by atoms with van der Waals surface area (Å²) in [7, 11) is 0. The zero-order valence-electron chi connectivity index (χ0n) is 30.0. The van der Waals surface area contributed by atoms with Crippen LogP contribution in [0.5, 0.6) is 0 Å². The van der Waals surface area contributed by atoms with E-state index < -0.39 is 0 Å². The summed E-state index contributed by atoms with van der Waals surface area (Å²) in [5.74, 6) is 0. The van der Waals surface area contributed by atoms with Gasteiger partial charge in [0.15, 0.2) is 0 Å². The Kier molecular flexibility index (Phi) is 8.32. The van der Waals surface area contributed by atoms with E-state index in [1.54, 1.807) is 0 Å². The molecule has 0 aliphatic heterocycles. The Bertz CT molecular complexity index is 2820. The van der Waals surface area contributed by atoms with Crippen molar-refractivity contribution in [3.8, 4) is 22.3 Å². The number of hydrogen-bond acceptors (Lipinski definition) is 3. The van der Waals surface area contributed by atoms with Crippen molar-refractivity contribution in [2.45, 2.75) is 33.1 Å². The molecule has 3 nitrogen and oxygen atoms in total. The molecular formula is C50H39NO2. The minimum Gasteiger partial charge on any atom is -0.456 e. The highest BCUT2D eigenvalue weighted by atomic mass is 16.3. The van der Waals surface area contributed by atoms with Gasteiger partial charge in [0.05, 0.1) is 5.70 Å². The molecule has 256 valence electrons. The summed E-state index contributed by atoms with van der Waals surface area (Å²) in [6.07, 6.45) is 9.29. The molecule has 0 saturated heterocycles. The topological polar surface area (TPSA) is 38.6 Å². The maximum absolute atomic E-state index is 6.54. The molecule has 0 spiro atoms. The molecule has 6 aromatic carbocycles. The first kappa shape index (κ1) is 32.5. The Morgan fingerprint density at radius 1 is 0.642 bits per heavy atom. The van der Waals surface area contributed by atoms with E-state index in [0.717, 1.165) is 108 Å². The van der Waals surface area contributed by atoms with E-state index in [2.05, 4.69) is 160 Å². The molecule has 3 heteroatoms. The van der Waals surface area contributed by atoms with Crippen molar-refractivity contribution in [2.24, 2.45) is 4.99 Å². The van der Waals surface area contributed by atoms with Gasteiger partial charge < -0.3 is 8.83 Å². The maximum Gasteiger partial charge on any atom is 0.143 e. The molecular weight excluding hydrogens is 647 g/mol. The standard InChI is InChI=1S/C50H39NO2/c1-4-45(51-49(36-19-12-7-13-20-36)33(3)32(2)34-15-8-5-9-16-34)39-23-26-41-43-30-38(25-28-46(43)52-48(41)31-39)40-21-14-22-42-44-29-37(35-17-10-6-11-18-35)24-27-47(44)53-50(40)42/h5-12,14-19,21-31H,2,4,13,20H2,1,3H3/b49-33-,51-45?. The first-order valence-corrected chi connectivity index (χ1v) is 18.4. The normalized spacial score (nSPS) is 13.9. The molecule has 2 heterocycles. The Balaban J connectivity index is 1.11. The summed E-state index contributed by atoms with van der Waals surface area (Å²) in [4.78, 5) is 5.40. The molecule has 8 aromatic rings. The number of nitrogens with zero attached hydrogens (tertiary/aromatic N) is 1. The first-order valence-electron chi connectivity index (χ1n) is 18.4. The van der Waals surface area contributed by atoms with Crippen LogP contribution in [0.1, 0.15) is 44.2 Å². The molecule has 0 N–H and O–H groups in total. The fraction of sp³-hybridized carbons (Fsp3) is 0.100.